The molecule has 138 valence electrons. The standard InChI is InChI=1S/C17H18F2N4O2S/c1-8-3-13(16(18)19)21-22(8)6-11-5-14(25)23-15(12-4-10(12)7-24)9(2)26-17(23)20-11/h3,5,10,12,16,24H,4,6-7H2,1-2H3. The summed E-state index contributed by atoms with van der Waals surface area (Å²) < 4.78 is 28.7. The topological polar surface area (TPSA) is 72.4 Å². The number of hydrogen-bond acceptors (Lipinski definition) is 5. The van der Waals surface area contributed by atoms with Gasteiger partial charge in [0, 0.05) is 34.9 Å². The number of fused-ring (bicyclic) bond motifs is 1. The zero-order valence-corrected chi connectivity index (χ0v) is 15.1. The highest BCUT2D eigenvalue weighted by Crippen LogP contribution is 2.49. The molecule has 4 rings (SSSR count). The first-order valence-electron chi connectivity index (χ1n) is 8.34. The average molecular weight is 380 g/mol. The summed E-state index contributed by atoms with van der Waals surface area (Å²) in [5, 5.41) is 13.2. The first-order chi connectivity index (χ1) is 12.4. The molecular weight excluding hydrogens is 362 g/mol. The molecular formula is C17H18F2N4O2S. The predicted octanol–water partition coefficient (Wildman–Crippen LogP) is 2.65. The van der Waals surface area contributed by atoms with Crippen molar-refractivity contribution in [2.24, 2.45) is 5.92 Å². The van der Waals surface area contributed by atoms with Crippen LogP contribution < -0.4 is 5.56 Å². The van der Waals surface area contributed by atoms with Crippen molar-refractivity contribution in [2.75, 3.05) is 6.61 Å². The van der Waals surface area contributed by atoms with E-state index in [0.29, 0.717) is 16.3 Å². The molecule has 26 heavy (non-hydrogen) atoms. The van der Waals surface area contributed by atoms with Crippen molar-refractivity contribution in [1.82, 2.24) is 19.2 Å². The van der Waals surface area contributed by atoms with Gasteiger partial charge in [0.1, 0.15) is 5.69 Å². The highest BCUT2D eigenvalue weighted by molar-refractivity contribution is 7.17. The van der Waals surface area contributed by atoms with Crippen LogP contribution in [0.1, 0.15) is 46.4 Å². The Balaban J connectivity index is 1.71. The summed E-state index contributed by atoms with van der Waals surface area (Å²) in [5.74, 6) is 0.402. The van der Waals surface area contributed by atoms with Gasteiger partial charge in [-0.05, 0) is 32.3 Å². The molecule has 6 nitrogen and oxygen atoms in total. The normalized spacial score (nSPS) is 19.6. The van der Waals surface area contributed by atoms with E-state index in [1.165, 1.54) is 28.2 Å². The molecule has 1 aliphatic carbocycles. The van der Waals surface area contributed by atoms with Gasteiger partial charge in [0.15, 0.2) is 4.96 Å². The molecule has 1 N–H and O–H groups in total. The number of aromatic nitrogens is 4. The van der Waals surface area contributed by atoms with Crippen molar-refractivity contribution >= 4 is 16.3 Å². The van der Waals surface area contributed by atoms with Gasteiger partial charge in [0.25, 0.3) is 12.0 Å². The second-order valence-corrected chi connectivity index (χ2v) is 7.88. The van der Waals surface area contributed by atoms with Crippen molar-refractivity contribution < 1.29 is 13.9 Å². The average Bonchev–Trinajstić information content (AvgIpc) is 3.14. The Morgan fingerprint density at radius 3 is 2.77 bits per heavy atom. The molecule has 1 saturated carbocycles. The van der Waals surface area contributed by atoms with Crippen LogP contribution in [-0.2, 0) is 6.54 Å². The Bertz CT molecular complexity index is 1040. The van der Waals surface area contributed by atoms with E-state index in [0.717, 1.165) is 17.0 Å². The fraction of sp³-hybridized carbons (Fsp3) is 0.471. The van der Waals surface area contributed by atoms with Crippen molar-refractivity contribution in [3.63, 3.8) is 0 Å². The number of rotatable bonds is 5. The summed E-state index contributed by atoms with van der Waals surface area (Å²) in [5.41, 5.74) is 1.55. The maximum absolute atomic E-state index is 12.8. The van der Waals surface area contributed by atoms with Crippen LogP contribution in [0.25, 0.3) is 4.96 Å². The molecule has 0 amide bonds. The first-order valence-corrected chi connectivity index (χ1v) is 9.16. The number of aliphatic hydroxyl groups excluding tert-OH is 1. The highest BCUT2D eigenvalue weighted by Gasteiger charge is 2.41. The minimum atomic E-state index is -2.63. The van der Waals surface area contributed by atoms with Crippen molar-refractivity contribution in [3.05, 3.63) is 50.1 Å². The van der Waals surface area contributed by atoms with Crippen LogP contribution in [0.2, 0.25) is 0 Å². The van der Waals surface area contributed by atoms with Gasteiger partial charge in [-0.15, -0.1) is 11.3 Å². The largest absolute Gasteiger partial charge is 0.396 e. The maximum atomic E-state index is 12.8. The third kappa shape index (κ3) is 2.84. The number of hydrogen-bond donors (Lipinski definition) is 1. The Kier molecular flexibility index (Phi) is 4.15. The minimum absolute atomic E-state index is 0.118. The molecule has 0 spiro atoms. The van der Waals surface area contributed by atoms with Gasteiger partial charge in [-0.3, -0.25) is 13.9 Å². The lowest BCUT2D eigenvalue weighted by molar-refractivity contribution is 0.145. The van der Waals surface area contributed by atoms with E-state index >= 15 is 0 Å². The molecule has 3 aromatic rings. The van der Waals surface area contributed by atoms with Gasteiger partial charge in [0.05, 0.1) is 12.2 Å². The summed E-state index contributed by atoms with van der Waals surface area (Å²) in [6.07, 6.45) is -1.75. The van der Waals surface area contributed by atoms with Gasteiger partial charge in [-0.2, -0.15) is 5.10 Å². The number of thiazole rings is 1. The zero-order chi connectivity index (χ0) is 18.6. The van der Waals surface area contributed by atoms with Gasteiger partial charge in [-0.25, -0.2) is 13.8 Å². The van der Waals surface area contributed by atoms with Crippen molar-refractivity contribution in [1.29, 1.82) is 0 Å². The third-order valence-electron chi connectivity index (χ3n) is 4.83. The highest BCUT2D eigenvalue weighted by atomic mass is 32.1. The zero-order valence-electron chi connectivity index (χ0n) is 14.3. The van der Waals surface area contributed by atoms with Gasteiger partial charge in [0.2, 0.25) is 0 Å². The Morgan fingerprint density at radius 2 is 2.15 bits per heavy atom. The number of alkyl halides is 2. The fourth-order valence-corrected chi connectivity index (χ4v) is 4.45. The van der Waals surface area contributed by atoms with Crippen LogP contribution in [-0.4, -0.2) is 30.9 Å². The molecule has 0 aromatic carbocycles. The Morgan fingerprint density at radius 1 is 1.38 bits per heavy atom. The SMILES string of the molecule is Cc1sc2nc(Cn3nc(C(F)F)cc3C)cc(=O)n2c1C1CC1CO. The van der Waals surface area contributed by atoms with Gasteiger partial charge in [-0.1, -0.05) is 0 Å². The second-order valence-electron chi connectivity index (χ2n) is 6.70. The van der Waals surface area contributed by atoms with Crippen LogP contribution >= 0.6 is 11.3 Å². The van der Waals surface area contributed by atoms with Crippen molar-refractivity contribution in [3.8, 4) is 0 Å². The third-order valence-corrected chi connectivity index (χ3v) is 5.80. The Labute approximate surface area is 151 Å². The molecule has 2 atom stereocenters. The molecule has 2 unspecified atom stereocenters. The summed E-state index contributed by atoms with van der Waals surface area (Å²) in [6.45, 7) is 3.93. The monoisotopic (exact) mass is 380 g/mol. The van der Waals surface area contributed by atoms with E-state index in [-0.39, 0.29) is 36.2 Å². The number of aliphatic hydroxyl groups is 1. The quantitative estimate of drug-likeness (QED) is 0.739. The van der Waals surface area contributed by atoms with Crippen LogP contribution in [0.4, 0.5) is 8.78 Å². The molecule has 3 heterocycles. The van der Waals surface area contributed by atoms with Gasteiger partial charge >= 0.3 is 0 Å². The Hall–Kier alpha value is -2.13. The number of aryl methyl sites for hydroxylation is 2. The lowest BCUT2D eigenvalue weighted by Gasteiger charge is -2.05. The first kappa shape index (κ1) is 17.3. The van der Waals surface area contributed by atoms with E-state index in [2.05, 4.69) is 10.1 Å². The molecule has 9 heteroatoms. The summed E-state index contributed by atoms with van der Waals surface area (Å²) >= 11 is 1.43. The molecule has 3 aromatic heterocycles. The summed E-state index contributed by atoms with van der Waals surface area (Å²) in [4.78, 5) is 18.8. The van der Waals surface area contributed by atoms with Crippen LogP contribution in [0, 0.1) is 19.8 Å². The molecule has 1 aliphatic rings. The molecule has 0 saturated heterocycles. The fourth-order valence-electron chi connectivity index (χ4n) is 3.39. The van der Waals surface area contributed by atoms with E-state index < -0.39 is 6.43 Å². The second kappa shape index (κ2) is 6.24. The molecule has 0 radical (unpaired) electrons. The summed E-state index contributed by atoms with van der Waals surface area (Å²) in [6, 6.07) is 2.77. The smallest absolute Gasteiger partial charge is 0.282 e. The van der Waals surface area contributed by atoms with E-state index in [1.54, 1.807) is 11.3 Å². The maximum Gasteiger partial charge on any atom is 0.282 e. The number of halogens is 2. The minimum Gasteiger partial charge on any atom is -0.396 e. The lowest BCUT2D eigenvalue weighted by Crippen LogP contribution is -2.18. The molecule has 0 aliphatic heterocycles. The molecule has 0 bridgehead atoms. The summed E-state index contributed by atoms with van der Waals surface area (Å²) in [7, 11) is 0. The van der Waals surface area contributed by atoms with E-state index in [9.17, 15) is 18.7 Å². The van der Waals surface area contributed by atoms with Crippen molar-refractivity contribution in [2.45, 2.75) is 39.2 Å². The number of nitrogens with zero attached hydrogens (tertiary/aromatic N) is 4. The van der Waals surface area contributed by atoms with Gasteiger partial charge < -0.3 is 5.11 Å². The van der Waals surface area contributed by atoms with Crippen LogP contribution in [0.5, 0.6) is 0 Å². The van der Waals surface area contributed by atoms with Crippen LogP contribution in [0.3, 0.4) is 0 Å². The predicted molar refractivity (Wildman–Crippen MR) is 93.0 cm³/mol. The van der Waals surface area contributed by atoms with E-state index in [4.69, 9.17) is 0 Å². The van der Waals surface area contributed by atoms with Crippen LogP contribution in [0.15, 0.2) is 16.9 Å². The van der Waals surface area contributed by atoms with E-state index in [1.807, 2.05) is 6.92 Å². The lowest BCUT2D eigenvalue weighted by atomic mass is 10.2. The molecule has 1 fully saturated rings.